The number of nitriles is 1. The molecule has 2 aromatic carbocycles. The molecule has 6 nitrogen and oxygen atoms in total. The van der Waals surface area contributed by atoms with Crippen molar-refractivity contribution in [3.8, 4) is 17.3 Å². The normalized spacial score (nSPS) is 12.6. The highest BCUT2D eigenvalue weighted by Gasteiger charge is 2.30. The number of nitrogens with zero attached hydrogens (tertiary/aromatic N) is 3. The van der Waals surface area contributed by atoms with Crippen LogP contribution in [0.15, 0.2) is 54.1 Å². The van der Waals surface area contributed by atoms with Crippen molar-refractivity contribution in [1.29, 1.82) is 5.26 Å². The van der Waals surface area contributed by atoms with Gasteiger partial charge >= 0.3 is 0 Å². The smallest absolute Gasteiger partial charge is 0.270 e. The Labute approximate surface area is 160 Å². The van der Waals surface area contributed by atoms with Crippen molar-refractivity contribution in [2.75, 3.05) is 5.32 Å². The molecule has 2 N–H and O–H groups in total. The molecule has 7 heteroatoms. The summed E-state index contributed by atoms with van der Waals surface area (Å²) in [4.78, 5) is 12.5. The summed E-state index contributed by atoms with van der Waals surface area (Å²) in [6.07, 6.45) is 0.428. The number of anilines is 1. The maximum Gasteiger partial charge on any atom is 0.270 e. The quantitative estimate of drug-likeness (QED) is 0.326. The number of amides is 1. The van der Waals surface area contributed by atoms with Crippen LogP contribution < -0.4 is 5.32 Å². The molecule has 0 spiro atoms. The number of hydrogen-bond donors (Lipinski definition) is 2. The van der Waals surface area contributed by atoms with Gasteiger partial charge in [0.2, 0.25) is 0 Å². The highest BCUT2D eigenvalue weighted by molar-refractivity contribution is 6.11. The molecule has 3 aromatic rings. The van der Waals surface area contributed by atoms with E-state index >= 15 is 0 Å². The van der Waals surface area contributed by atoms with Crippen molar-refractivity contribution < 1.29 is 14.3 Å². The zero-order valence-electron chi connectivity index (χ0n) is 14.9. The number of fused-ring (bicyclic) bond motifs is 3. The predicted molar refractivity (Wildman–Crippen MR) is 102 cm³/mol. The number of hydrogen-bond acceptors (Lipinski definition) is 4. The number of para-hydroxylation sites is 1. The van der Waals surface area contributed by atoms with Gasteiger partial charge in [0.1, 0.15) is 17.6 Å². The summed E-state index contributed by atoms with van der Waals surface area (Å²) in [5.74, 6) is -1.60. The SMILES string of the molecule is Cn1nc(/C(O)=C(\C#N)C(=O)Nc2ccccc2)c2c1-c1cc(F)ccc1C2. The average molecular weight is 374 g/mol. The molecule has 0 unspecified atom stereocenters. The summed E-state index contributed by atoms with van der Waals surface area (Å²) in [5, 5.41) is 27.0. The highest BCUT2D eigenvalue weighted by atomic mass is 19.1. The first-order valence-electron chi connectivity index (χ1n) is 8.54. The lowest BCUT2D eigenvalue weighted by Gasteiger charge is -2.06. The van der Waals surface area contributed by atoms with E-state index in [-0.39, 0.29) is 11.5 Å². The molecule has 1 heterocycles. The van der Waals surface area contributed by atoms with Crippen LogP contribution in [0.3, 0.4) is 0 Å². The second-order valence-corrected chi connectivity index (χ2v) is 6.43. The second kappa shape index (κ2) is 6.67. The highest BCUT2D eigenvalue weighted by Crippen LogP contribution is 2.40. The van der Waals surface area contributed by atoms with Crippen molar-refractivity contribution in [2.45, 2.75) is 6.42 Å². The number of carbonyl (C=O) groups is 1. The monoisotopic (exact) mass is 374 g/mol. The maximum atomic E-state index is 13.7. The molecule has 0 radical (unpaired) electrons. The molecule has 0 saturated heterocycles. The summed E-state index contributed by atoms with van der Waals surface area (Å²) in [6.45, 7) is 0. The van der Waals surface area contributed by atoms with Crippen molar-refractivity contribution in [1.82, 2.24) is 9.78 Å². The number of rotatable bonds is 3. The standard InChI is InChI=1S/C21H15FN4O2/c1-26-19-15-10-13(22)8-7-12(15)9-16(19)18(25-26)20(27)17(11-23)21(28)24-14-5-3-2-4-6-14/h2-8,10,27H,9H2,1H3,(H,24,28)/b20-17-. The Kier molecular flexibility index (Phi) is 4.17. The van der Waals surface area contributed by atoms with Gasteiger partial charge in [0.25, 0.3) is 5.91 Å². The molecule has 1 aromatic heterocycles. The number of aryl methyl sites for hydroxylation is 1. The summed E-state index contributed by atoms with van der Waals surface area (Å²) < 4.78 is 15.2. The van der Waals surface area contributed by atoms with Gasteiger partial charge in [-0.3, -0.25) is 9.48 Å². The Morgan fingerprint density at radius 1 is 1.29 bits per heavy atom. The fourth-order valence-electron chi connectivity index (χ4n) is 3.42. The molecule has 1 aliphatic carbocycles. The van der Waals surface area contributed by atoms with E-state index in [1.54, 1.807) is 49.5 Å². The molecule has 0 aliphatic heterocycles. The molecule has 1 aliphatic rings. The van der Waals surface area contributed by atoms with E-state index < -0.39 is 17.2 Å². The number of nitrogens with one attached hydrogen (secondary N) is 1. The molecule has 1 amide bonds. The van der Waals surface area contributed by atoms with Crippen LogP contribution in [0.4, 0.5) is 10.1 Å². The van der Waals surface area contributed by atoms with Crippen LogP contribution >= 0.6 is 0 Å². The Balaban J connectivity index is 1.76. The molecule has 0 saturated carbocycles. The van der Waals surface area contributed by atoms with E-state index in [1.807, 2.05) is 0 Å². The molecule has 0 bridgehead atoms. The lowest BCUT2D eigenvalue weighted by atomic mass is 10.1. The minimum absolute atomic E-state index is 0.147. The lowest BCUT2D eigenvalue weighted by Crippen LogP contribution is -2.15. The summed E-state index contributed by atoms with van der Waals surface area (Å²) in [7, 11) is 1.67. The largest absolute Gasteiger partial charge is 0.504 e. The van der Waals surface area contributed by atoms with E-state index in [4.69, 9.17) is 0 Å². The number of carbonyl (C=O) groups excluding carboxylic acids is 1. The third-order valence-electron chi connectivity index (χ3n) is 4.67. The number of benzene rings is 2. The molecular weight excluding hydrogens is 359 g/mol. The van der Waals surface area contributed by atoms with Gasteiger partial charge in [0, 0.05) is 30.3 Å². The third kappa shape index (κ3) is 2.81. The summed E-state index contributed by atoms with van der Waals surface area (Å²) in [5.41, 5.74) is 3.11. The van der Waals surface area contributed by atoms with Crippen LogP contribution in [-0.4, -0.2) is 20.8 Å². The summed E-state index contributed by atoms with van der Waals surface area (Å²) >= 11 is 0. The van der Waals surface area contributed by atoms with Gasteiger partial charge in [0.05, 0.1) is 5.69 Å². The van der Waals surface area contributed by atoms with Crippen LogP contribution in [-0.2, 0) is 18.3 Å². The molecule has 28 heavy (non-hydrogen) atoms. The van der Waals surface area contributed by atoms with E-state index in [9.17, 15) is 19.6 Å². The molecular formula is C21H15FN4O2. The fraction of sp³-hybridized carbons (Fsp3) is 0.0952. The van der Waals surface area contributed by atoms with Crippen LogP contribution in [0.2, 0.25) is 0 Å². The van der Waals surface area contributed by atoms with E-state index in [2.05, 4.69) is 10.4 Å². The zero-order valence-corrected chi connectivity index (χ0v) is 14.9. The van der Waals surface area contributed by atoms with Crippen molar-refractivity contribution in [2.24, 2.45) is 7.05 Å². The molecule has 0 atom stereocenters. The van der Waals surface area contributed by atoms with Gasteiger partial charge in [-0.2, -0.15) is 10.4 Å². The summed E-state index contributed by atoms with van der Waals surface area (Å²) in [6, 6.07) is 14.9. The first kappa shape index (κ1) is 17.5. The molecule has 0 fully saturated rings. The maximum absolute atomic E-state index is 13.7. The molecule has 138 valence electrons. The third-order valence-corrected chi connectivity index (χ3v) is 4.67. The lowest BCUT2D eigenvalue weighted by molar-refractivity contribution is -0.112. The number of aliphatic hydroxyl groups is 1. The number of aromatic nitrogens is 2. The topological polar surface area (TPSA) is 90.9 Å². The van der Waals surface area contributed by atoms with Crippen LogP contribution in [0.1, 0.15) is 16.8 Å². The van der Waals surface area contributed by atoms with Gasteiger partial charge in [-0.25, -0.2) is 4.39 Å². The van der Waals surface area contributed by atoms with Gasteiger partial charge < -0.3 is 10.4 Å². The Morgan fingerprint density at radius 3 is 2.75 bits per heavy atom. The first-order valence-corrected chi connectivity index (χ1v) is 8.54. The van der Waals surface area contributed by atoms with Crippen molar-refractivity contribution in [3.05, 3.63) is 76.7 Å². The van der Waals surface area contributed by atoms with Crippen molar-refractivity contribution >= 4 is 17.4 Å². The van der Waals surface area contributed by atoms with Gasteiger partial charge in [0.15, 0.2) is 11.3 Å². The minimum Gasteiger partial charge on any atom is -0.504 e. The molecule has 4 rings (SSSR count). The van der Waals surface area contributed by atoms with Crippen molar-refractivity contribution in [3.63, 3.8) is 0 Å². The van der Waals surface area contributed by atoms with E-state index in [1.165, 1.54) is 16.8 Å². The van der Waals surface area contributed by atoms with Crippen LogP contribution in [0, 0.1) is 17.1 Å². The fourth-order valence-corrected chi connectivity index (χ4v) is 3.42. The van der Waals surface area contributed by atoms with Gasteiger partial charge in [-0.1, -0.05) is 24.3 Å². The Bertz CT molecular complexity index is 1170. The van der Waals surface area contributed by atoms with Gasteiger partial charge in [-0.05, 0) is 29.8 Å². The zero-order chi connectivity index (χ0) is 19.8. The van der Waals surface area contributed by atoms with Gasteiger partial charge in [-0.15, -0.1) is 0 Å². The van der Waals surface area contributed by atoms with Crippen LogP contribution in [0.25, 0.3) is 17.0 Å². The Morgan fingerprint density at radius 2 is 2.04 bits per heavy atom. The number of aliphatic hydroxyl groups excluding tert-OH is 1. The average Bonchev–Trinajstić information content (AvgIpc) is 3.20. The number of halogens is 1. The second-order valence-electron chi connectivity index (χ2n) is 6.43. The Hall–Kier alpha value is -3.92. The predicted octanol–water partition coefficient (Wildman–Crippen LogP) is 3.56. The minimum atomic E-state index is -0.729. The van der Waals surface area contributed by atoms with E-state index in [0.717, 1.165) is 5.56 Å². The first-order chi connectivity index (χ1) is 13.5. The van der Waals surface area contributed by atoms with E-state index in [0.29, 0.717) is 28.9 Å². The van der Waals surface area contributed by atoms with Crippen LogP contribution in [0.5, 0.6) is 0 Å².